The van der Waals surface area contributed by atoms with Gasteiger partial charge in [-0.15, -0.1) is 5.10 Å². The molecule has 0 aliphatic rings. The highest BCUT2D eigenvalue weighted by Crippen LogP contribution is 2.22. The third-order valence-electron chi connectivity index (χ3n) is 5.04. The van der Waals surface area contributed by atoms with Gasteiger partial charge < -0.3 is 10.1 Å². The van der Waals surface area contributed by atoms with Crippen molar-refractivity contribution in [2.75, 3.05) is 5.32 Å². The summed E-state index contributed by atoms with van der Waals surface area (Å²) >= 11 is 0. The average molecular weight is 454 g/mol. The lowest BCUT2D eigenvalue weighted by molar-refractivity contribution is -0.123. The molecular formula is C26H22N4O4. The number of amides is 1. The minimum Gasteiger partial charge on any atom is -0.447 e. The standard InChI is InChI=1S/C26H22N4O4/c1-17(31)21-15-9-10-16-22(21)27-25(32)18(2)34-26(33)23-28-24(19-11-5-3-6-12-19)30(29-23)20-13-7-4-8-14-20/h3-16,18H,1-2H3,(H,27,32). The molecule has 4 rings (SSSR count). The molecule has 8 heteroatoms. The molecule has 0 saturated heterocycles. The number of aromatic nitrogens is 3. The van der Waals surface area contributed by atoms with Gasteiger partial charge in [0.25, 0.3) is 11.7 Å². The third kappa shape index (κ3) is 4.91. The fourth-order valence-corrected chi connectivity index (χ4v) is 3.32. The topological polar surface area (TPSA) is 103 Å². The zero-order chi connectivity index (χ0) is 24.1. The van der Waals surface area contributed by atoms with E-state index in [4.69, 9.17) is 4.74 Å². The molecule has 1 unspecified atom stereocenters. The number of hydrogen-bond acceptors (Lipinski definition) is 6. The first-order valence-corrected chi connectivity index (χ1v) is 10.6. The normalized spacial score (nSPS) is 11.5. The van der Waals surface area contributed by atoms with Crippen LogP contribution in [0.15, 0.2) is 84.9 Å². The van der Waals surface area contributed by atoms with Crippen LogP contribution in [0.5, 0.6) is 0 Å². The number of nitrogens with zero attached hydrogens (tertiary/aromatic N) is 3. The van der Waals surface area contributed by atoms with Crippen molar-refractivity contribution in [3.8, 4) is 17.1 Å². The van der Waals surface area contributed by atoms with Crippen LogP contribution in [0.25, 0.3) is 17.1 Å². The smallest absolute Gasteiger partial charge is 0.379 e. The van der Waals surface area contributed by atoms with Gasteiger partial charge in [-0.05, 0) is 38.1 Å². The molecule has 0 aliphatic heterocycles. The van der Waals surface area contributed by atoms with Crippen LogP contribution in [0.3, 0.4) is 0 Å². The molecule has 8 nitrogen and oxygen atoms in total. The predicted molar refractivity (Wildman–Crippen MR) is 127 cm³/mol. The minimum atomic E-state index is -1.14. The van der Waals surface area contributed by atoms with Gasteiger partial charge in [0.1, 0.15) is 0 Å². The van der Waals surface area contributed by atoms with Gasteiger partial charge in [0.2, 0.25) is 0 Å². The molecule has 170 valence electrons. The van der Waals surface area contributed by atoms with E-state index in [-0.39, 0.29) is 11.6 Å². The van der Waals surface area contributed by atoms with Crippen molar-refractivity contribution in [2.45, 2.75) is 20.0 Å². The zero-order valence-corrected chi connectivity index (χ0v) is 18.6. The molecule has 1 amide bonds. The molecule has 0 saturated carbocycles. The highest BCUT2D eigenvalue weighted by Gasteiger charge is 2.25. The Labute approximate surface area is 196 Å². The number of ether oxygens (including phenoxy) is 1. The van der Waals surface area contributed by atoms with E-state index in [9.17, 15) is 14.4 Å². The quantitative estimate of drug-likeness (QED) is 0.330. The van der Waals surface area contributed by atoms with Gasteiger partial charge in [-0.3, -0.25) is 9.59 Å². The van der Waals surface area contributed by atoms with Crippen LogP contribution in [0.2, 0.25) is 0 Å². The van der Waals surface area contributed by atoms with E-state index in [0.717, 1.165) is 11.3 Å². The van der Waals surface area contributed by atoms with Crippen LogP contribution < -0.4 is 5.32 Å². The third-order valence-corrected chi connectivity index (χ3v) is 5.04. The summed E-state index contributed by atoms with van der Waals surface area (Å²) in [5.74, 6) is -1.32. The number of anilines is 1. The Bertz CT molecular complexity index is 1280. The van der Waals surface area contributed by atoms with Crippen LogP contribution in [-0.2, 0) is 9.53 Å². The summed E-state index contributed by atoms with van der Waals surface area (Å²) in [5.41, 5.74) is 2.20. The lowest BCUT2D eigenvalue weighted by atomic mass is 10.1. The summed E-state index contributed by atoms with van der Waals surface area (Å²) in [6.07, 6.45) is -1.14. The van der Waals surface area contributed by atoms with Gasteiger partial charge >= 0.3 is 5.97 Å². The summed E-state index contributed by atoms with van der Waals surface area (Å²) in [4.78, 5) is 41.6. The minimum absolute atomic E-state index is 0.175. The van der Waals surface area contributed by atoms with Crippen LogP contribution in [0, 0.1) is 0 Å². The zero-order valence-electron chi connectivity index (χ0n) is 18.6. The molecule has 0 bridgehead atoms. The number of hydrogen-bond donors (Lipinski definition) is 1. The van der Waals surface area contributed by atoms with Gasteiger partial charge in [0.15, 0.2) is 17.7 Å². The molecule has 4 aromatic rings. The Hall–Kier alpha value is -4.59. The molecule has 1 heterocycles. The monoisotopic (exact) mass is 454 g/mol. The maximum atomic E-state index is 12.8. The molecule has 1 N–H and O–H groups in total. The summed E-state index contributed by atoms with van der Waals surface area (Å²) in [6, 6.07) is 25.2. The number of benzene rings is 3. The first-order chi connectivity index (χ1) is 16.4. The Kier molecular flexibility index (Phi) is 6.59. The van der Waals surface area contributed by atoms with E-state index in [1.165, 1.54) is 13.8 Å². The number of nitrogens with one attached hydrogen (secondary N) is 1. The van der Waals surface area contributed by atoms with Gasteiger partial charge in [-0.1, -0.05) is 60.7 Å². The number of rotatable bonds is 7. The van der Waals surface area contributed by atoms with Crippen molar-refractivity contribution in [1.82, 2.24) is 14.8 Å². The molecule has 3 aromatic carbocycles. The second-order valence-electron chi connectivity index (χ2n) is 7.51. The SMILES string of the molecule is CC(=O)c1ccccc1NC(=O)C(C)OC(=O)c1nc(-c2ccccc2)n(-c2ccccc2)n1. The number of para-hydroxylation sites is 2. The lowest BCUT2D eigenvalue weighted by Gasteiger charge is -2.14. The molecule has 0 fully saturated rings. The van der Waals surface area contributed by atoms with Crippen molar-refractivity contribution in [3.63, 3.8) is 0 Å². The van der Waals surface area contributed by atoms with Gasteiger partial charge in [-0.2, -0.15) is 0 Å². The van der Waals surface area contributed by atoms with Crippen LogP contribution in [-0.4, -0.2) is 38.5 Å². The maximum absolute atomic E-state index is 12.8. The summed E-state index contributed by atoms with van der Waals surface area (Å²) < 4.78 is 6.89. The molecule has 0 radical (unpaired) electrons. The van der Waals surface area contributed by atoms with E-state index < -0.39 is 18.0 Å². The number of ketones is 1. The Balaban J connectivity index is 1.56. The number of carbonyl (C=O) groups is 3. The first-order valence-electron chi connectivity index (χ1n) is 10.6. The van der Waals surface area contributed by atoms with E-state index in [0.29, 0.717) is 17.1 Å². The second-order valence-corrected chi connectivity index (χ2v) is 7.51. The Morgan fingerprint density at radius 3 is 2.18 bits per heavy atom. The largest absolute Gasteiger partial charge is 0.447 e. The van der Waals surface area contributed by atoms with Crippen molar-refractivity contribution < 1.29 is 19.1 Å². The number of esters is 1. The fraction of sp³-hybridized carbons (Fsp3) is 0.115. The maximum Gasteiger partial charge on any atom is 0.379 e. The van der Waals surface area contributed by atoms with Crippen LogP contribution >= 0.6 is 0 Å². The summed E-state index contributed by atoms with van der Waals surface area (Å²) in [6.45, 7) is 2.85. The molecular weight excluding hydrogens is 432 g/mol. The molecule has 34 heavy (non-hydrogen) atoms. The van der Waals surface area contributed by atoms with Crippen molar-refractivity contribution in [1.29, 1.82) is 0 Å². The van der Waals surface area contributed by atoms with Crippen molar-refractivity contribution in [3.05, 3.63) is 96.3 Å². The van der Waals surface area contributed by atoms with Gasteiger partial charge in [-0.25, -0.2) is 14.5 Å². The van der Waals surface area contributed by atoms with E-state index in [1.807, 2.05) is 60.7 Å². The van der Waals surface area contributed by atoms with E-state index in [1.54, 1.807) is 28.9 Å². The summed E-state index contributed by atoms with van der Waals surface area (Å²) in [5, 5.41) is 6.98. The highest BCUT2D eigenvalue weighted by atomic mass is 16.5. The lowest BCUT2D eigenvalue weighted by Crippen LogP contribution is -2.30. The predicted octanol–water partition coefficient (Wildman–Crippen LogP) is 4.32. The van der Waals surface area contributed by atoms with Crippen molar-refractivity contribution >= 4 is 23.3 Å². The second kappa shape index (κ2) is 9.91. The summed E-state index contributed by atoms with van der Waals surface area (Å²) in [7, 11) is 0. The van der Waals surface area contributed by atoms with E-state index >= 15 is 0 Å². The van der Waals surface area contributed by atoms with Gasteiger partial charge in [0.05, 0.1) is 11.4 Å². The fourth-order valence-electron chi connectivity index (χ4n) is 3.32. The first kappa shape index (κ1) is 22.6. The van der Waals surface area contributed by atoms with E-state index in [2.05, 4.69) is 15.4 Å². The molecule has 0 aliphatic carbocycles. The van der Waals surface area contributed by atoms with Crippen LogP contribution in [0.1, 0.15) is 34.8 Å². The Morgan fingerprint density at radius 1 is 0.882 bits per heavy atom. The molecule has 0 spiro atoms. The average Bonchev–Trinajstić information content (AvgIpc) is 3.31. The molecule has 1 atom stereocenters. The Morgan fingerprint density at radius 2 is 1.50 bits per heavy atom. The number of carbonyl (C=O) groups excluding carboxylic acids is 3. The van der Waals surface area contributed by atoms with Crippen LogP contribution in [0.4, 0.5) is 5.69 Å². The highest BCUT2D eigenvalue weighted by molar-refractivity contribution is 6.05. The van der Waals surface area contributed by atoms with Crippen molar-refractivity contribution in [2.24, 2.45) is 0 Å². The molecule has 1 aromatic heterocycles. The van der Waals surface area contributed by atoms with Gasteiger partial charge in [0, 0.05) is 11.1 Å². The number of Topliss-reactive ketones (excluding diaryl/α,β-unsaturated/α-hetero) is 1.